The molecular weight excluding hydrogens is 854 g/mol. The van der Waals surface area contributed by atoms with Gasteiger partial charge in [-0.15, -0.1) is 0 Å². The van der Waals surface area contributed by atoms with Gasteiger partial charge in [0.1, 0.15) is 5.82 Å². The largest absolute Gasteiger partial charge is 1.00 e. The first-order valence-corrected chi connectivity index (χ1v) is 25.3. The van der Waals surface area contributed by atoms with Crippen LogP contribution in [0.15, 0.2) is 83.9 Å². The topological polar surface area (TPSA) is 106 Å². The number of aromatic nitrogens is 2. The number of fused-ring (bicyclic) bond motifs is 1. The monoisotopic (exact) mass is 933 g/mol. The van der Waals surface area contributed by atoms with Gasteiger partial charge < -0.3 is 30.4 Å². The zero-order chi connectivity index (χ0) is 47.5. The van der Waals surface area contributed by atoms with Crippen molar-refractivity contribution in [2.45, 2.75) is 157 Å². The van der Waals surface area contributed by atoms with Gasteiger partial charge in [0.2, 0.25) is 0 Å². The molecule has 0 bridgehead atoms. The number of anilines is 4. The van der Waals surface area contributed by atoms with Crippen LogP contribution < -0.4 is 71.8 Å². The molecule has 1 heterocycles. The standard InChI is InChI=1S/C28H37N3O.C24H30N4O.C5H12.K/c1-6-31(7-2)26-18-17-24(29-20-21-11-9-8-10-12-21)19-25(26)30-27(32)22-13-15-23(16-14-22)28(3,4)5;1-3-28(4-2)22-16-20-19(25-23(26-20)17-11-7-5-8-12-17)15-21(22)27-24(29)18-13-9-6-10-14-18;1-3-5-4-2;/h13-16,18-19,21H,6-12H2,1-5H3,(H,30,32);6,9-10,13-17H,3-5,7-8,11-12H2,1-2H3,(H,25,26)(H,27,29);3-5H2,1-2H3;/q-2;;;+1. The molecule has 0 atom stereocenters. The summed E-state index contributed by atoms with van der Waals surface area (Å²) in [4.78, 5) is 43.4. The van der Waals surface area contributed by atoms with Crippen molar-refractivity contribution in [1.82, 2.24) is 9.97 Å². The summed E-state index contributed by atoms with van der Waals surface area (Å²) in [7, 11) is 0. The third-order valence-corrected chi connectivity index (χ3v) is 13.0. The third-order valence-electron chi connectivity index (χ3n) is 13.0. The van der Waals surface area contributed by atoms with E-state index in [9.17, 15) is 9.59 Å². The van der Waals surface area contributed by atoms with Crippen LogP contribution in [0.1, 0.15) is 184 Å². The minimum absolute atomic E-state index is 0. The fourth-order valence-corrected chi connectivity index (χ4v) is 8.87. The Balaban J connectivity index is 0.000000263. The SMILES string of the molecule is CCCCC.CCN(CC)c1c[c-]c(N=[C-]C2CCCCC2)cc1NC(=O)c1ccc(C(C)(C)C)cc1.CCN(CC)c1cc2nc(C3CCCCC3)[nH]c2cc1NC(=O)c1ccccc1.[K+]. The number of rotatable bonds is 15. The summed E-state index contributed by atoms with van der Waals surface area (Å²) in [5.41, 5.74) is 8.83. The summed E-state index contributed by atoms with van der Waals surface area (Å²) in [5, 5.41) is 6.25. The summed E-state index contributed by atoms with van der Waals surface area (Å²) >= 11 is 0. The number of carbonyl (C=O) groups excluding carboxylic acids is 2. The van der Waals surface area contributed by atoms with Gasteiger partial charge in [0.25, 0.3) is 11.8 Å². The molecule has 7 rings (SSSR count). The molecule has 2 aliphatic rings. The molecule has 1 aromatic heterocycles. The number of H-pyrrole nitrogens is 1. The average Bonchev–Trinajstić information content (AvgIpc) is 3.76. The van der Waals surface area contributed by atoms with E-state index in [0.29, 0.717) is 28.7 Å². The van der Waals surface area contributed by atoms with Crippen LogP contribution >= 0.6 is 0 Å². The van der Waals surface area contributed by atoms with Crippen LogP contribution in [0, 0.1) is 12.0 Å². The summed E-state index contributed by atoms with van der Waals surface area (Å²) in [6, 6.07) is 28.5. The van der Waals surface area contributed by atoms with E-state index in [4.69, 9.17) is 4.98 Å². The summed E-state index contributed by atoms with van der Waals surface area (Å²) in [6.07, 6.45) is 19.9. The average molecular weight is 933 g/mol. The number of benzene rings is 4. The van der Waals surface area contributed by atoms with Crippen LogP contribution in [0.2, 0.25) is 0 Å². The fourth-order valence-electron chi connectivity index (χ4n) is 8.87. The maximum Gasteiger partial charge on any atom is 1.00 e. The molecule has 9 nitrogen and oxygen atoms in total. The van der Waals surface area contributed by atoms with E-state index in [-0.39, 0.29) is 68.6 Å². The van der Waals surface area contributed by atoms with Crippen molar-refractivity contribution >= 4 is 57.5 Å². The first kappa shape index (κ1) is 55.8. The van der Waals surface area contributed by atoms with Gasteiger partial charge in [0.05, 0.1) is 22.4 Å². The van der Waals surface area contributed by atoms with Gasteiger partial charge in [-0.3, -0.25) is 15.7 Å². The summed E-state index contributed by atoms with van der Waals surface area (Å²) < 4.78 is 0. The molecule has 2 fully saturated rings. The Bertz CT molecular complexity index is 2260. The second kappa shape index (κ2) is 28.6. The second-order valence-electron chi connectivity index (χ2n) is 18.8. The van der Waals surface area contributed by atoms with E-state index in [0.717, 1.165) is 78.6 Å². The van der Waals surface area contributed by atoms with Crippen molar-refractivity contribution in [2.24, 2.45) is 10.9 Å². The second-order valence-corrected chi connectivity index (χ2v) is 18.8. The number of nitrogens with zero attached hydrogens (tertiary/aromatic N) is 4. The van der Waals surface area contributed by atoms with E-state index < -0.39 is 0 Å². The van der Waals surface area contributed by atoms with Crippen molar-refractivity contribution in [3.8, 4) is 0 Å². The molecule has 0 radical (unpaired) electrons. The van der Waals surface area contributed by atoms with Crippen LogP contribution in [0.4, 0.5) is 28.4 Å². The summed E-state index contributed by atoms with van der Waals surface area (Å²) in [6.45, 7) is 22.9. The van der Waals surface area contributed by atoms with E-state index >= 15 is 0 Å². The van der Waals surface area contributed by atoms with Crippen LogP contribution in [0.25, 0.3) is 11.0 Å². The molecule has 2 amide bonds. The number of nitrogens with one attached hydrogen (secondary N) is 3. The number of hydrogen-bond donors (Lipinski definition) is 3. The van der Waals surface area contributed by atoms with Gasteiger partial charge >= 0.3 is 51.4 Å². The number of unbranched alkanes of at least 4 members (excludes halogenated alkanes) is 2. The number of hydrogen-bond acceptors (Lipinski definition) is 6. The van der Waals surface area contributed by atoms with Gasteiger partial charge in [-0.2, -0.15) is 12.3 Å². The molecule has 67 heavy (non-hydrogen) atoms. The molecule has 10 heteroatoms. The Kier molecular flexibility index (Phi) is 23.8. The van der Waals surface area contributed by atoms with E-state index in [1.807, 2.05) is 72.8 Å². The van der Waals surface area contributed by atoms with E-state index in [1.165, 1.54) is 76.2 Å². The van der Waals surface area contributed by atoms with Gasteiger partial charge in [0.15, 0.2) is 0 Å². The molecule has 0 saturated heterocycles. The Morgan fingerprint density at radius 3 is 1.79 bits per heavy atom. The van der Waals surface area contributed by atoms with E-state index in [2.05, 4.69) is 111 Å². The zero-order valence-electron chi connectivity index (χ0n) is 42.8. The predicted molar refractivity (Wildman–Crippen MR) is 281 cm³/mol. The van der Waals surface area contributed by atoms with E-state index in [1.54, 1.807) is 0 Å². The third kappa shape index (κ3) is 16.7. The van der Waals surface area contributed by atoms with Crippen molar-refractivity contribution in [3.05, 3.63) is 107 Å². The predicted octanol–water partition coefficient (Wildman–Crippen LogP) is 12.0. The fraction of sp³-hybridized carbons (Fsp3) is 0.509. The Hall–Kier alpha value is -3.80. The van der Waals surface area contributed by atoms with Crippen molar-refractivity contribution in [2.75, 3.05) is 46.6 Å². The molecule has 356 valence electrons. The van der Waals surface area contributed by atoms with Crippen molar-refractivity contribution in [1.29, 1.82) is 0 Å². The molecule has 5 aromatic rings. The Morgan fingerprint density at radius 1 is 0.716 bits per heavy atom. The molecular formula is C57H79KN7O2-. The molecule has 2 aliphatic carbocycles. The molecule has 0 aliphatic heterocycles. The van der Waals surface area contributed by atoms with Crippen molar-refractivity contribution in [3.63, 3.8) is 0 Å². The zero-order valence-corrected chi connectivity index (χ0v) is 45.9. The van der Waals surface area contributed by atoms with Crippen LogP contribution in [0.5, 0.6) is 0 Å². The van der Waals surface area contributed by atoms with Gasteiger partial charge in [-0.05, 0) is 87.9 Å². The van der Waals surface area contributed by atoms with Crippen LogP contribution in [-0.2, 0) is 5.41 Å². The Labute approximate surface area is 446 Å². The molecule has 2 saturated carbocycles. The quantitative estimate of drug-likeness (QED) is 0.0551. The maximum absolute atomic E-state index is 13.1. The smallest absolute Gasteiger partial charge is 0.481 e. The minimum atomic E-state index is -0.115. The van der Waals surface area contributed by atoms with Crippen LogP contribution in [0.3, 0.4) is 0 Å². The van der Waals surface area contributed by atoms with Gasteiger partial charge in [-0.25, -0.2) is 16.7 Å². The van der Waals surface area contributed by atoms with Gasteiger partial charge in [-0.1, -0.05) is 153 Å². The molecule has 0 spiro atoms. The number of carbonyl (C=O) groups is 2. The minimum Gasteiger partial charge on any atom is -0.481 e. The maximum atomic E-state index is 13.1. The molecule has 3 N–H and O–H groups in total. The van der Waals surface area contributed by atoms with Crippen LogP contribution in [-0.4, -0.2) is 54.2 Å². The summed E-state index contributed by atoms with van der Waals surface area (Å²) in [5.74, 6) is 1.84. The first-order valence-electron chi connectivity index (χ1n) is 25.3. The Morgan fingerprint density at radius 2 is 1.25 bits per heavy atom. The van der Waals surface area contributed by atoms with Gasteiger partial charge in [0, 0.05) is 43.2 Å². The number of aromatic amines is 1. The number of aliphatic imine (C=N–C) groups is 1. The number of amides is 2. The molecule has 4 aromatic carbocycles. The van der Waals surface area contributed by atoms with Crippen molar-refractivity contribution < 1.29 is 61.0 Å². The first-order chi connectivity index (χ1) is 31.9. The normalized spacial score (nSPS) is 14.3. The number of imidazole rings is 1. The molecule has 0 unspecified atom stereocenters.